The van der Waals surface area contributed by atoms with Crippen molar-refractivity contribution in [2.24, 2.45) is 0 Å². The monoisotopic (exact) mass is 391 g/mol. The van der Waals surface area contributed by atoms with E-state index in [-0.39, 0.29) is 23.7 Å². The maximum Gasteiger partial charge on any atom is 0.255 e. The number of carbonyl (C=O) groups is 2. The molecule has 150 valence electrons. The highest BCUT2D eigenvalue weighted by Gasteiger charge is 2.20. The van der Waals surface area contributed by atoms with Crippen LogP contribution in [0.4, 0.5) is 11.5 Å². The van der Waals surface area contributed by atoms with Crippen LogP contribution in [0.3, 0.4) is 0 Å². The van der Waals surface area contributed by atoms with E-state index in [1.807, 2.05) is 58.0 Å². The lowest BCUT2D eigenvalue weighted by atomic mass is 9.93. The third-order valence-electron chi connectivity index (χ3n) is 4.48. The van der Waals surface area contributed by atoms with Crippen molar-refractivity contribution in [1.82, 2.24) is 5.16 Å². The first-order valence-corrected chi connectivity index (χ1v) is 9.45. The molecule has 0 saturated heterocycles. The number of nitrogens with zero attached hydrogens (tertiary/aromatic N) is 1. The van der Waals surface area contributed by atoms with Crippen molar-refractivity contribution in [2.75, 3.05) is 10.6 Å². The van der Waals surface area contributed by atoms with Crippen molar-refractivity contribution in [3.63, 3.8) is 0 Å². The normalized spacial score (nSPS) is 11.2. The summed E-state index contributed by atoms with van der Waals surface area (Å²) in [6, 6.07) is 16.4. The summed E-state index contributed by atoms with van der Waals surface area (Å²) in [6.45, 7) is 7.94. The van der Waals surface area contributed by atoms with Gasteiger partial charge in [-0.3, -0.25) is 9.59 Å². The van der Waals surface area contributed by atoms with Crippen LogP contribution in [0, 0.1) is 6.92 Å². The number of hydrogen-bond acceptors (Lipinski definition) is 4. The molecule has 6 nitrogen and oxygen atoms in total. The Morgan fingerprint density at radius 1 is 1.00 bits per heavy atom. The molecular formula is C23H25N3O3. The number of amides is 2. The largest absolute Gasteiger partial charge is 0.359 e. The molecule has 0 unspecified atom stereocenters. The SMILES string of the molecule is Cc1ccccc1C(=O)Nc1ccc(CC(=O)Nc2cc(C(C)(C)C)on2)cc1. The minimum atomic E-state index is -0.185. The average molecular weight is 391 g/mol. The molecule has 2 N–H and O–H groups in total. The summed E-state index contributed by atoms with van der Waals surface area (Å²) in [4.78, 5) is 24.6. The first-order valence-electron chi connectivity index (χ1n) is 9.45. The highest BCUT2D eigenvalue weighted by atomic mass is 16.5. The third kappa shape index (κ3) is 5.31. The van der Waals surface area contributed by atoms with Gasteiger partial charge in [0.2, 0.25) is 5.91 Å². The second kappa shape index (κ2) is 8.31. The molecule has 0 radical (unpaired) electrons. The number of aryl methyl sites for hydroxylation is 1. The number of hydrogen-bond donors (Lipinski definition) is 2. The van der Waals surface area contributed by atoms with Gasteiger partial charge in [0.15, 0.2) is 5.82 Å². The molecule has 0 aliphatic carbocycles. The minimum Gasteiger partial charge on any atom is -0.359 e. The van der Waals surface area contributed by atoms with Gasteiger partial charge in [0.25, 0.3) is 5.91 Å². The van der Waals surface area contributed by atoms with E-state index in [1.165, 1.54) is 0 Å². The van der Waals surface area contributed by atoms with Crippen LogP contribution < -0.4 is 10.6 Å². The van der Waals surface area contributed by atoms with Crippen molar-refractivity contribution < 1.29 is 14.1 Å². The average Bonchev–Trinajstić information content (AvgIpc) is 3.12. The molecule has 0 spiro atoms. The molecule has 3 rings (SSSR count). The van der Waals surface area contributed by atoms with Crippen LogP contribution in [-0.4, -0.2) is 17.0 Å². The minimum absolute atomic E-state index is 0.158. The maximum atomic E-state index is 12.4. The van der Waals surface area contributed by atoms with Gasteiger partial charge in [0.1, 0.15) is 5.76 Å². The summed E-state index contributed by atoms with van der Waals surface area (Å²) >= 11 is 0. The fourth-order valence-electron chi connectivity index (χ4n) is 2.79. The number of rotatable bonds is 5. The Kier molecular flexibility index (Phi) is 5.82. The molecule has 0 fully saturated rings. The van der Waals surface area contributed by atoms with Crippen LogP contribution in [0.5, 0.6) is 0 Å². The fourth-order valence-corrected chi connectivity index (χ4v) is 2.79. The van der Waals surface area contributed by atoms with E-state index in [2.05, 4.69) is 15.8 Å². The molecule has 3 aromatic rings. The summed E-state index contributed by atoms with van der Waals surface area (Å²) in [5, 5.41) is 9.51. The van der Waals surface area contributed by atoms with Gasteiger partial charge in [-0.15, -0.1) is 0 Å². The highest BCUT2D eigenvalue weighted by Crippen LogP contribution is 2.24. The number of nitrogens with one attached hydrogen (secondary N) is 2. The topological polar surface area (TPSA) is 84.2 Å². The predicted octanol–water partition coefficient (Wildman–Crippen LogP) is 4.71. The van der Waals surface area contributed by atoms with Gasteiger partial charge in [-0.1, -0.05) is 56.3 Å². The third-order valence-corrected chi connectivity index (χ3v) is 4.48. The van der Waals surface area contributed by atoms with Crippen molar-refractivity contribution in [2.45, 2.75) is 39.5 Å². The van der Waals surface area contributed by atoms with Gasteiger partial charge < -0.3 is 15.2 Å². The summed E-state index contributed by atoms with van der Waals surface area (Å²) in [6.07, 6.45) is 0.198. The van der Waals surface area contributed by atoms with Gasteiger partial charge in [0.05, 0.1) is 6.42 Å². The van der Waals surface area contributed by atoms with E-state index in [1.54, 1.807) is 24.3 Å². The van der Waals surface area contributed by atoms with Crippen molar-refractivity contribution in [1.29, 1.82) is 0 Å². The van der Waals surface area contributed by atoms with Crippen LogP contribution in [0.2, 0.25) is 0 Å². The van der Waals surface area contributed by atoms with Crippen LogP contribution in [0.25, 0.3) is 0 Å². The Balaban J connectivity index is 1.57. The van der Waals surface area contributed by atoms with Crippen molar-refractivity contribution >= 4 is 23.3 Å². The van der Waals surface area contributed by atoms with E-state index >= 15 is 0 Å². The molecule has 0 bridgehead atoms. The number of benzene rings is 2. The second-order valence-corrected chi connectivity index (χ2v) is 8.02. The fraction of sp³-hybridized carbons (Fsp3) is 0.261. The Morgan fingerprint density at radius 3 is 2.31 bits per heavy atom. The Hall–Kier alpha value is -3.41. The smallest absolute Gasteiger partial charge is 0.255 e. The lowest BCUT2D eigenvalue weighted by Crippen LogP contribution is -2.15. The summed E-state index contributed by atoms with van der Waals surface area (Å²) < 4.78 is 5.27. The molecule has 0 aliphatic rings. The van der Waals surface area contributed by atoms with Gasteiger partial charge in [-0.25, -0.2) is 0 Å². The zero-order valence-electron chi connectivity index (χ0n) is 17.1. The van der Waals surface area contributed by atoms with Gasteiger partial charge in [-0.2, -0.15) is 0 Å². The van der Waals surface area contributed by atoms with Gasteiger partial charge in [-0.05, 0) is 36.2 Å². The standard InChI is InChI=1S/C23H25N3O3/c1-15-7-5-6-8-18(15)22(28)24-17-11-9-16(10-12-17)13-21(27)25-20-14-19(29-26-20)23(2,3)4/h5-12,14H,13H2,1-4H3,(H,24,28)(H,25,26,27). The molecule has 2 aromatic carbocycles. The summed E-state index contributed by atoms with van der Waals surface area (Å²) in [7, 11) is 0. The van der Waals surface area contributed by atoms with Gasteiger partial charge >= 0.3 is 0 Å². The Bertz CT molecular complexity index is 1010. The van der Waals surface area contributed by atoms with Crippen molar-refractivity contribution in [3.8, 4) is 0 Å². The van der Waals surface area contributed by atoms with E-state index in [4.69, 9.17) is 4.52 Å². The highest BCUT2D eigenvalue weighted by molar-refractivity contribution is 6.05. The number of anilines is 2. The molecule has 0 atom stereocenters. The van der Waals surface area contributed by atoms with Crippen LogP contribution in [0.15, 0.2) is 59.1 Å². The molecule has 1 aromatic heterocycles. The van der Waals surface area contributed by atoms with E-state index in [0.717, 1.165) is 11.1 Å². The van der Waals surface area contributed by atoms with Crippen molar-refractivity contribution in [3.05, 3.63) is 77.0 Å². The quantitative estimate of drug-likeness (QED) is 0.659. The first-order chi connectivity index (χ1) is 13.7. The van der Waals surface area contributed by atoms with E-state index in [0.29, 0.717) is 22.8 Å². The molecular weight excluding hydrogens is 366 g/mol. The van der Waals surface area contributed by atoms with Gasteiger partial charge in [0, 0.05) is 22.7 Å². The zero-order chi connectivity index (χ0) is 21.0. The van der Waals surface area contributed by atoms with Crippen LogP contribution >= 0.6 is 0 Å². The van der Waals surface area contributed by atoms with Crippen LogP contribution in [0.1, 0.15) is 48.0 Å². The van der Waals surface area contributed by atoms with Crippen LogP contribution in [-0.2, 0) is 16.6 Å². The second-order valence-electron chi connectivity index (χ2n) is 8.02. The molecule has 0 aliphatic heterocycles. The zero-order valence-corrected chi connectivity index (χ0v) is 17.1. The predicted molar refractivity (Wildman–Crippen MR) is 113 cm³/mol. The lowest BCUT2D eigenvalue weighted by molar-refractivity contribution is -0.115. The van der Waals surface area contributed by atoms with E-state index in [9.17, 15) is 9.59 Å². The number of carbonyl (C=O) groups excluding carboxylic acids is 2. The summed E-state index contributed by atoms with van der Waals surface area (Å²) in [5.41, 5.74) is 2.89. The first kappa shape index (κ1) is 20.3. The number of aromatic nitrogens is 1. The summed E-state index contributed by atoms with van der Waals surface area (Å²) in [5.74, 6) is 0.772. The maximum absolute atomic E-state index is 12.4. The van der Waals surface area contributed by atoms with E-state index < -0.39 is 0 Å². The molecule has 29 heavy (non-hydrogen) atoms. The molecule has 2 amide bonds. The molecule has 1 heterocycles. The Labute approximate surface area is 170 Å². The molecule has 6 heteroatoms. The lowest BCUT2D eigenvalue weighted by Gasteiger charge is -2.12. The Morgan fingerprint density at radius 2 is 1.69 bits per heavy atom. The molecule has 0 saturated carbocycles.